The van der Waals surface area contributed by atoms with Crippen LogP contribution in [0, 0.1) is 0 Å². The smallest absolute Gasteiger partial charge is 0.117 e. The van der Waals surface area contributed by atoms with E-state index in [1.54, 1.807) is 11.3 Å². The number of para-hydroxylation sites is 3. The van der Waals surface area contributed by atoms with E-state index in [0.29, 0.717) is 0 Å². The van der Waals surface area contributed by atoms with E-state index in [1.165, 1.54) is 37.8 Å². The molecule has 0 aliphatic heterocycles. The predicted octanol–water partition coefficient (Wildman–Crippen LogP) is 7.56. The normalized spacial score (nSPS) is 11.9. The van der Waals surface area contributed by atoms with Gasteiger partial charge in [-0.15, -0.1) is 11.3 Å². The average molecular weight is 403 g/mol. The fourth-order valence-corrected chi connectivity index (χ4v) is 4.93. The molecule has 0 spiro atoms. The highest BCUT2D eigenvalue weighted by Gasteiger charge is 2.10. The molecule has 0 fully saturated rings. The summed E-state index contributed by atoms with van der Waals surface area (Å²) in [6.07, 6.45) is 4.23. The first kappa shape index (κ1) is 17.2. The first-order valence-electron chi connectivity index (χ1n) is 9.99. The molecule has 0 N–H and O–H groups in total. The molecule has 0 aliphatic rings. The minimum atomic E-state index is 1.03. The lowest BCUT2D eigenvalue weighted by molar-refractivity contribution is 1.18. The van der Waals surface area contributed by atoms with Gasteiger partial charge in [0.1, 0.15) is 5.01 Å². The monoisotopic (exact) mass is 402 g/mol. The summed E-state index contributed by atoms with van der Waals surface area (Å²) < 4.78 is 3.56. The SMILES string of the molecule is C(=C\c1nc2ccccc2s1)/c1ccc(-n2c3ccccc3c3ccccc32)cc1. The lowest BCUT2D eigenvalue weighted by Crippen LogP contribution is -1.93. The molecule has 142 valence electrons. The Balaban J connectivity index is 1.38. The highest BCUT2D eigenvalue weighted by atomic mass is 32.1. The molecular formula is C27H18N2S. The zero-order chi connectivity index (χ0) is 19.9. The number of benzene rings is 4. The van der Waals surface area contributed by atoms with Crippen molar-refractivity contribution in [3.63, 3.8) is 0 Å². The van der Waals surface area contributed by atoms with Gasteiger partial charge in [0.2, 0.25) is 0 Å². The molecule has 4 aromatic carbocycles. The lowest BCUT2D eigenvalue weighted by atomic mass is 10.2. The fraction of sp³-hybridized carbons (Fsp3) is 0. The number of fused-ring (bicyclic) bond motifs is 4. The van der Waals surface area contributed by atoms with Crippen molar-refractivity contribution in [3.05, 3.63) is 108 Å². The highest BCUT2D eigenvalue weighted by molar-refractivity contribution is 7.19. The van der Waals surface area contributed by atoms with Crippen molar-refractivity contribution in [2.45, 2.75) is 0 Å². The summed E-state index contributed by atoms with van der Waals surface area (Å²) >= 11 is 1.72. The van der Waals surface area contributed by atoms with Gasteiger partial charge in [0, 0.05) is 16.5 Å². The molecule has 0 saturated carbocycles. The first-order valence-corrected chi connectivity index (χ1v) is 10.8. The first-order chi connectivity index (χ1) is 14.9. The van der Waals surface area contributed by atoms with Crippen molar-refractivity contribution in [3.8, 4) is 5.69 Å². The molecule has 0 aliphatic carbocycles. The van der Waals surface area contributed by atoms with Crippen molar-refractivity contribution < 1.29 is 0 Å². The van der Waals surface area contributed by atoms with Crippen LogP contribution >= 0.6 is 11.3 Å². The molecule has 0 unspecified atom stereocenters. The third-order valence-corrected chi connectivity index (χ3v) is 6.46. The second kappa shape index (κ2) is 6.97. The number of thiazole rings is 1. The van der Waals surface area contributed by atoms with E-state index in [2.05, 4.69) is 113 Å². The van der Waals surface area contributed by atoms with Crippen LogP contribution in [-0.4, -0.2) is 9.55 Å². The Morgan fingerprint density at radius 1 is 0.633 bits per heavy atom. The van der Waals surface area contributed by atoms with Gasteiger partial charge in [0.05, 0.1) is 21.3 Å². The van der Waals surface area contributed by atoms with E-state index in [-0.39, 0.29) is 0 Å². The van der Waals surface area contributed by atoms with E-state index in [0.717, 1.165) is 10.5 Å². The number of hydrogen-bond donors (Lipinski definition) is 0. The number of hydrogen-bond acceptors (Lipinski definition) is 2. The topological polar surface area (TPSA) is 17.8 Å². The van der Waals surface area contributed by atoms with Crippen molar-refractivity contribution in [1.29, 1.82) is 0 Å². The van der Waals surface area contributed by atoms with E-state index < -0.39 is 0 Å². The average Bonchev–Trinajstić information content (AvgIpc) is 3.37. The maximum absolute atomic E-state index is 4.68. The van der Waals surface area contributed by atoms with Gasteiger partial charge in [0.15, 0.2) is 0 Å². The van der Waals surface area contributed by atoms with Crippen molar-refractivity contribution in [2.75, 3.05) is 0 Å². The van der Waals surface area contributed by atoms with Gasteiger partial charge in [0.25, 0.3) is 0 Å². The summed E-state index contributed by atoms with van der Waals surface area (Å²) in [5.74, 6) is 0. The van der Waals surface area contributed by atoms with Crippen LogP contribution in [0.15, 0.2) is 97.1 Å². The van der Waals surface area contributed by atoms with E-state index in [1.807, 2.05) is 6.07 Å². The Labute approximate surface area is 178 Å². The predicted molar refractivity (Wildman–Crippen MR) is 129 cm³/mol. The number of nitrogens with zero attached hydrogens (tertiary/aromatic N) is 2. The fourth-order valence-electron chi connectivity index (χ4n) is 4.06. The van der Waals surface area contributed by atoms with E-state index in [4.69, 9.17) is 0 Å². The Bertz CT molecular complexity index is 1450. The van der Waals surface area contributed by atoms with E-state index >= 15 is 0 Å². The van der Waals surface area contributed by atoms with Crippen LogP contribution in [0.1, 0.15) is 10.6 Å². The summed E-state index contributed by atoms with van der Waals surface area (Å²) in [6.45, 7) is 0. The Morgan fingerprint density at radius 2 is 1.27 bits per heavy atom. The van der Waals surface area contributed by atoms with Gasteiger partial charge in [-0.2, -0.15) is 0 Å². The second-order valence-corrected chi connectivity index (χ2v) is 8.38. The van der Waals surface area contributed by atoms with Crippen LogP contribution in [0.4, 0.5) is 0 Å². The summed E-state index contributed by atoms with van der Waals surface area (Å²) in [4.78, 5) is 4.68. The molecule has 3 heteroatoms. The zero-order valence-electron chi connectivity index (χ0n) is 16.2. The summed E-state index contributed by atoms with van der Waals surface area (Å²) in [5, 5.41) is 3.60. The summed E-state index contributed by atoms with van der Waals surface area (Å²) in [7, 11) is 0. The third kappa shape index (κ3) is 2.83. The number of aromatic nitrogens is 2. The second-order valence-electron chi connectivity index (χ2n) is 7.31. The van der Waals surface area contributed by atoms with Crippen molar-refractivity contribution in [2.24, 2.45) is 0 Å². The zero-order valence-corrected chi connectivity index (χ0v) is 17.0. The third-order valence-electron chi connectivity index (χ3n) is 5.46. The molecule has 2 nitrogen and oxygen atoms in total. The van der Waals surface area contributed by atoms with Gasteiger partial charge in [-0.1, -0.05) is 66.7 Å². The van der Waals surface area contributed by atoms with Crippen LogP contribution in [0.3, 0.4) is 0 Å². The van der Waals surface area contributed by atoms with Crippen molar-refractivity contribution >= 4 is 55.5 Å². The highest BCUT2D eigenvalue weighted by Crippen LogP contribution is 2.31. The van der Waals surface area contributed by atoms with Gasteiger partial charge >= 0.3 is 0 Å². The van der Waals surface area contributed by atoms with Gasteiger partial charge in [-0.25, -0.2) is 4.98 Å². The molecule has 0 radical (unpaired) electrons. The van der Waals surface area contributed by atoms with Crippen LogP contribution in [0.5, 0.6) is 0 Å². The molecular weight excluding hydrogens is 384 g/mol. The van der Waals surface area contributed by atoms with Crippen LogP contribution in [-0.2, 0) is 0 Å². The number of rotatable bonds is 3. The molecule has 6 rings (SSSR count). The molecule has 30 heavy (non-hydrogen) atoms. The Morgan fingerprint density at radius 3 is 1.97 bits per heavy atom. The summed E-state index contributed by atoms with van der Waals surface area (Å²) in [6, 6.07) is 34.2. The molecule has 0 atom stereocenters. The minimum absolute atomic E-state index is 1.03. The molecule has 2 aromatic heterocycles. The Kier molecular flexibility index (Phi) is 4.00. The molecule has 6 aromatic rings. The molecule has 0 amide bonds. The quantitative estimate of drug-likeness (QED) is 0.298. The maximum atomic E-state index is 4.68. The Hall–Kier alpha value is -3.69. The van der Waals surface area contributed by atoms with Gasteiger partial charge in [-0.05, 0) is 48.0 Å². The molecule has 0 saturated heterocycles. The lowest BCUT2D eigenvalue weighted by Gasteiger charge is -2.08. The van der Waals surface area contributed by atoms with Crippen LogP contribution in [0.2, 0.25) is 0 Å². The molecule has 0 bridgehead atoms. The minimum Gasteiger partial charge on any atom is -0.309 e. The van der Waals surface area contributed by atoms with Crippen LogP contribution < -0.4 is 0 Å². The standard InChI is InChI=1S/C27H18N2S/c1-4-10-24-21(7-1)22-8-2-5-11-25(22)29(24)20-16-13-19(14-17-20)15-18-27-28-23-9-3-6-12-26(23)30-27/h1-18H/b18-15+. The van der Waals surface area contributed by atoms with Crippen LogP contribution in [0.25, 0.3) is 49.9 Å². The van der Waals surface area contributed by atoms with Crippen molar-refractivity contribution in [1.82, 2.24) is 9.55 Å². The van der Waals surface area contributed by atoms with Gasteiger partial charge in [-0.3, -0.25) is 0 Å². The summed E-state index contributed by atoms with van der Waals surface area (Å²) in [5.41, 5.74) is 5.86. The maximum Gasteiger partial charge on any atom is 0.117 e. The van der Waals surface area contributed by atoms with E-state index in [9.17, 15) is 0 Å². The largest absolute Gasteiger partial charge is 0.309 e. The van der Waals surface area contributed by atoms with Gasteiger partial charge < -0.3 is 4.57 Å². The molecule has 2 heterocycles.